The number of hydrogen-bond donors (Lipinski definition) is 0. The Morgan fingerprint density at radius 2 is 1.42 bits per heavy atom. The zero-order valence-corrected chi connectivity index (χ0v) is 8.14. The van der Waals surface area contributed by atoms with E-state index in [1.54, 1.807) is 25.7 Å². The minimum Gasteiger partial charge on any atom is -0.0593 e. The second kappa shape index (κ2) is 1.40. The molecule has 0 spiro atoms. The largest absolute Gasteiger partial charge is 0.0593 e. The topological polar surface area (TPSA) is 0 Å². The molecule has 0 saturated heterocycles. The number of rotatable bonds is 0. The molecule has 0 aromatic heterocycles. The van der Waals surface area contributed by atoms with E-state index in [1.165, 1.54) is 11.8 Å². The summed E-state index contributed by atoms with van der Waals surface area (Å²) in [7, 11) is 0. The van der Waals surface area contributed by atoms with Gasteiger partial charge in [0.2, 0.25) is 0 Å². The molecule has 0 nitrogen and oxygen atoms in total. The Morgan fingerprint density at radius 1 is 0.917 bits per heavy atom. The normalized spacial score (nSPS) is 76.5. The molecule has 4 aliphatic rings. The van der Waals surface area contributed by atoms with Crippen LogP contribution in [0.3, 0.4) is 0 Å². The molecule has 6 bridgehead atoms. The summed E-state index contributed by atoms with van der Waals surface area (Å²) in [6.07, 6.45) is 6.37. The van der Waals surface area contributed by atoms with E-state index in [9.17, 15) is 0 Å². The lowest BCUT2D eigenvalue weighted by atomic mass is 9.56. The first kappa shape index (κ1) is 6.45. The quantitative estimate of drug-likeness (QED) is 0.513. The van der Waals surface area contributed by atoms with Crippen molar-refractivity contribution in [3.63, 3.8) is 0 Å². The highest BCUT2D eigenvalue weighted by atomic mass is 14.8. The van der Waals surface area contributed by atoms with Gasteiger partial charge in [-0.15, -0.1) is 0 Å². The van der Waals surface area contributed by atoms with Crippen LogP contribution in [0.25, 0.3) is 0 Å². The highest BCUT2D eigenvalue weighted by molar-refractivity contribution is 5.23. The molecule has 4 rings (SSSR count). The zero-order valence-electron chi connectivity index (χ0n) is 8.14. The van der Waals surface area contributed by atoms with Crippen LogP contribution in [0.15, 0.2) is 0 Å². The van der Waals surface area contributed by atoms with Crippen molar-refractivity contribution in [1.29, 1.82) is 0 Å². The molecule has 12 heavy (non-hydrogen) atoms. The molecule has 0 N–H and O–H groups in total. The van der Waals surface area contributed by atoms with Crippen LogP contribution >= 0.6 is 0 Å². The maximum Gasteiger partial charge on any atom is -0.0284 e. The van der Waals surface area contributed by atoms with E-state index in [2.05, 4.69) is 13.8 Å². The Balaban J connectivity index is 1.96. The van der Waals surface area contributed by atoms with Crippen molar-refractivity contribution >= 4 is 0 Å². The summed E-state index contributed by atoms with van der Waals surface area (Å²) >= 11 is 0. The Morgan fingerprint density at radius 3 is 1.75 bits per heavy atom. The first-order chi connectivity index (χ1) is 5.62. The third-order valence-corrected chi connectivity index (χ3v) is 5.88. The van der Waals surface area contributed by atoms with Gasteiger partial charge in [0.1, 0.15) is 0 Å². The van der Waals surface area contributed by atoms with Gasteiger partial charge in [-0.3, -0.25) is 0 Å². The molecule has 4 aliphatic carbocycles. The van der Waals surface area contributed by atoms with E-state index in [0.29, 0.717) is 0 Å². The lowest BCUT2D eigenvalue weighted by Crippen LogP contribution is -2.39. The van der Waals surface area contributed by atoms with Crippen molar-refractivity contribution in [2.45, 2.75) is 39.5 Å². The van der Waals surface area contributed by atoms with Crippen molar-refractivity contribution in [1.82, 2.24) is 0 Å². The van der Waals surface area contributed by atoms with Crippen LogP contribution in [0.5, 0.6) is 0 Å². The van der Waals surface area contributed by atoms with Crippen LogP contribution in [0.1, 0.15) is 39.5 Å². The van der Waals surface area contributed by atoms with Crippen molar-refractivity contribution in [2.75, 3.05) is 0 Å². The fourth-order valence-corrected chi connectivity index (χ4v) is 6.47. The van der Waals surface area contributed by atoms with Gasteiger partial charge in [0, 0.05) is 0 Å². The molecular weight excluding hydrogens is 144 g/mol. The van der Waals surface area contributed by atoms with Crippen molar-refractivity contribution in [3.05, 3.63) is 0 Å². The molecule has 0 radical (unpaired) electrons. The van der Waals surface area contributed by atoms with E-state index in [1.807, 2.05) is 0 Å². The Hall–Kier alpha value is 0. The van der Waals surface area contributed by atoms with Gasteiger partial charge < -0.3 is 0 Å². The first-order valence-corrected chi connectivity index (χ1v) is 5.62. The van der Waals surface area contributed by atoms with E-state index in [4.69, 9.17) is 0 Å². The van der Waals surface area contributed by atoms with E-state index >= 15 is 0 Å². The van der Waals surface area contributed by atoms with Gasteiger partial charge in [0.15, 0.2) is 0 Å². The maximum atomic E-state index is 2.58. The minimum atomic E-state index is 0.811. The third-order valence-electron chi connectivity index (χ3n) is 5.88. The molecule has 0 heteroatoms. The average Bonchev–Trinajstić information content (AvgIpc) is 2.45. The molecule has 4 saturated carbocycles. The van der Waals surface area contributed by atoms with Gasteiger partial charge in [-0.2, -0.15) is 0 Å². The van der Waals surface area contributed by atoms with Gasteiger partial charge in [0.25, 0.3) is 0 Å². The van der Waals surface area contributed by atoms with Crippen molar-refractivity contribution in [2.24, 2.45) is 34.5 Å². The number of hydrogen-bond acceptors (Lipinski definition) is 0. The summed E-state index contributed by atoms with van der Waals surface area (Å²) in [5.74, 6) is 4.68. The van der Waals surface area contributed by atoms with Gasteiger partial charge in [-0.05, 0) is 60.2 Å². The fourth-order valence-electron chi connectivity index (χ4n) is 6.47. The summed E-state index contributed by atoms with van der Waals surface area (Å²) in [6, 6.07) is 0. The van der Waals surface area contributed by atoms with Crippen LogP contribution in [-0.2, 0) is 0 Å². The highest BCUT2D eigenvalue weighted by Gasteiger charge is 2.74. The van der Waals surface area contributed by atoms with Gasteiger partial charge in [-0.25, -0.2) is 0 Å². The van der Waals surface area contributed by atoms with Crippen LogP contribution in [0, 0.1) is 34.5 Å². The van der Waals surface area contributed by atoms with Crippen LogP contribution in [-0.4, -0.2) is 0 Å². The molecule has 2 unspecified atom stereocenters. The van der Waals surface area contributed by atoms with E-state index in [-0.39, 0.29) is 0 Å². The lowest BCUT2D eigenvalue weighted by molar-refractivity contribution is 0.0144. The standard InChI is InChI=1S/C12H18/c1-11-4-7-3-8-5-12(2,6-11)10(7)9(8)11/h7-10H,3-6H2,1-2H3/t7-,8-,9?,10?,11+,12+/m1/s1. The summed E-state index contributed by atoms with van der Waals surface area (Å²) < 4.78 is 0. The molecular formula is C12H18. The summed E-state index contributed by atoms with van der Waals surface area (Å²) in [6.45, 7) is 5.17. The highest BCUT2D eigenvalue weighted by Crippen LogP contribution is 2.82. The van der Waals surface area contributed by atoms with Crippen LogP contribution in [0.2, 0.25) is 0 Å². The van der Waals surface area contributed by atoms with Gasteiger partial charge in [-0.1, -0.05) is 13.8 Å². The smallest absolute Gasteiger partial charge is 0.0284 e. The lowest BCUT2D eigenvalue weighted by Gasteiger charge is -2.48. The van der Waals surface area contributed by atoms with Crippen molar-refractivity contribution < 1.29 is 0 Å². The Labute approximate surface area is 74.7 Å². The molecule has 0 amide bonds. The molecule has 0 aromatic rings. The molecule has 0 aromatic carbocycles. The molecule has 6 atom stereocenters. The SMILES string of the molecule is C[C@]12C[C@H]3C[C@@H]4C[C@@](C)(C1)C3C42. The first-order valence-electron chi connectivity index (χ1n) is 5.62. The predicted octanol–water partition coefficient (Wildman–Crippen LogP) is 3.08. The van der Waals surface area contributed by atoms with Gasteiger partial charge >= 0.3 is 0 Å². The Kier molecular flexibility index (Phi) is 0.755. The summed E-state index contributed by atoms with van der Waals surface area (Å²) in [5.41, 5.74) is 1.62. The second-order valence-corrected chi connectivity index (χ2v) is 6.70. The fraction of sp³-hybridized carbons (Fsp3) is 1.00. The molecule has 4 fully saturated rings. The monoisotopic (exact) mass is 162 g/mol. The minimum absolute atomic E-state index is 0.811. The van der Waals surface area contributed by atoms with Crippen LogP contribution in [0.4, 0.5) is 0 Å². The van der Waals surface area contributed by atoms with E-state index in [0.717, 1.165) is 22.7 Å². The Bertz CT molecular complexity index is 243. The van der Waals surface area contributed by atoms with Crippen molar-refractivity contribution in [3.8, 4) is 0 Å². The van der Waals surface area contributed by atoms with Crippen LogP contribution < -0.4 is 0 Å². The average molecular weight is 162 g/mol. The van der Waals surface area contributed by atoms with E-state index < -0.39 is 0 Å². The summed E-state index contributed by atoms with van der Waals surface area (Å²) in [4.78, 5) is 0. The summed E-state index contributed by atoms with van der Waals surface area (Å²) in [5, 5.41) is 0. The molecule has 66 valence electrons. The van der Waals surface area contributed by atoms with Gasteiger partial charge in [0.05, 0.1) is 0 Å². The second-order valence-electron chi connectivity index (χ2n) is 6.70. The zero-order chi connectivity index (χ0) is 8.14. The molecule has 0 aliphatic heterocycles. The maximum absolute atomic E-state index is 2.58. The third kappa shape index (κ3) is 0.418. The predicted molar refractivity (Wildman–Crippen MR) is 48.6 cm³/mol. The molecule has 0 heterocycles.